The molecule has 156 valence electrons. The summed E-state index contributed by atoms with van der Waals surface area (Å²) in [5.74, 6) is -2.16. The second kappa shape index (κ2) is 7.90. The largest absolute Gasteiger partial charge is 0.490 e. The normalized spacial score (nSPS) is 11.3. The number of fused-ring (bicyclic) bond motifs is 3. The Morgan fingerprint density at radius 2 is 1.77 bits per heavy atom. The third-order valence-corrected chi connectivity index (χ3v) is 4.46. The molecule has 0 saturated heterocycles. The fraction of sp³-hybridized carbons (Fsp3) is 0.150. The molecule has 6 N–H and O–H groups in total. The van der Waals surface area contributed by atoms with E-state index in [1.165, 1.54) is 5.56 Å². The minimum absolute atomic E-state index is 0.192. The molecular weight excluding hydrogens is 399 g/mol. The Morgan fingerprint density at radius 3 is 2.33 bits per heavy atom. The van der Waals surface area contributed by atoms with Gasteiger partial charge in [0.15, 0.2) is 0 Å². The molecule has 30 heavy (non-hydrogen) atoms. The van der Waals surface area contributed by atoms with Crippen molar-refractivity contribution in [3.63, 3.8) is 0 Å². The van der Waals surface area contributed by atoms with Crippen LogP contribution in [-0.2, 0) is 11.2 Å². The maximum Gasteiger partial charge on any atom is 0.490 e. The molecule has 0 radical (unpaired) electrons. The van der Waals surface area contributed by atoms with Gasteiger partial charge in [0.1, 0.15) is 5.82 Å². The number of hydrogen-bond acceptors (Lipinski definition) is 5. The lowest BCUT2D eigenvalue weighted by molar-refractivity contribution is -0.192. The van der Waals surface area contributed by atoms with Crippen molar-refractivity contribution in [3.05, 3.63) is 48.2 Å². The van der Waals surface area contributed by atoms with Gasteiger partial charge in [-0.3, -0.25) is 0 Å². The number of aliphatic carboxylic acids is 1. The first-order valence-corrected chi connectivity index (χ1v) is 8.84. The van der Waals surface area contributed by atoms with Crippen molar-refractivity contribution in [2.24, 2.45) is 0 Å². The Morgan fingerprint density at radius 1 is 1.13 bits per heavy atom. The number of nitrogens with one attached hydrogen (secondary N) is 1. The highest BCUT2D eigenvalue weighted by Gasteiger charge is 2.38. The van der Waals surface area contributed by atoms with Crippen LogP contribution in [0.5, 0.6) is 0 Å². The number of hydrogen-bond donors (Lipinski definition) is 4. The lowest BCUT2D eigenvalue weighted by Crippen LogP contribution is -2.21. The summed E-state index contributed by atoms with van der Waals surface area (Å²) in [4.78, 5) is 20.6. The third kappa shape index (κ3) is 4.12. The molecule has 0 aliphatic heterocycles. The topological polar surface area (TPSA) is 131 Å². The quantitative estimate of drug-likeness (QED) is 0.388. The number of carboxylic acid groups (broad SMARTS) is 1. The Bertz CT molecular complexity index is 1220. The van der Waals surface area contributed by atoms with Crippen LogP contribution in [0.3, 0.4) is 0 Å². The monoisotopic (exact) mass is 417 g/mol. The van der Waals surface area contributed by atoms with Crippen molar-refractivity contribution in [2.75, 3.05) is 11.5 Å². The van der Waals surface area contributed by atoms with E-state index in [9.17, 15) is 13.2 Å². The number of nitrogens with two attached hydrogens (primary N) is 2. The number of rotatable bonds is 2. The number of H-pyrrole nitrogens is 1. The third-order valence-electron chi connectivity index (χ3n) is 4.46. The number of nitrogens with zero attached hydrogens (tertiary/aromatic N) is 2. The molecule has 4 aromatic rings. The zero-order valence-corrected chi connectivity index (χ0v) is 15.8. The van der Waals surface area contributed by atoms with Crippen LogP contribution in [-0.4, -0.2) is 32.2 Å². The Labute approximate surface area is 168 Å². The van der Waals surface area contributed by atoms with Gasteiger partial charge in [0, 0.05) is 17.1 Å². The number of benzene rings is 2. The molecule has 0 unspecified atom stereocenters. The van der Waals surface area contributed by atoms with E-state index in [0.29, 0.717) is 5.82 Å². The van der Waals surface area contributed by atoms with Gasteiger partial charge in [-0.05, 0) is 29.7 Å². The first-order chi connectivity index (χ1) is 14.1. The smallest absolute Gasteiger partial charge is 0.475 e. The molecule has 10 heteroatoms. The van der Waals surface area contributed by atoms with E-state index in [2.05, 4.69) is 46.1 Å². The Balaban J connectivity index is 0.000000318. The van der Waals surface area contributed by atoms with Crippen molar-refractivity contribution in [2.45, 2.75) is 19.5 Å². The summed E-state index contributed by atoms with van der Waals surface area (Å²) in [7, 11) is 0. The average Bonchev–Trinajstić information content (AvgIpc) is 3.16. The summed E-state index contributed by atoms with van der Waals surface area (Å²) in [5.41, 5.74) is 17.1. The fourth-order valence-corrected chi connectivity index (χ4v) is 3.05. The van der Waals surface area contributed by atoms with Gasteiger partial charge in [0.2, 0.25) is 5.95 Å². The van der Waals surface area contributed by atoms with Crippen molar-refractivity contribution >= 4 is 39.5 Å². The van der Waals surface area contributed by atoms with Gasteiger partial charge >= 0.3 is 12.1 Å². The molecule has 2 heterocycles. The molecule has 2 aromatic heterocycles. The van der Waals surface area contributed by atoms with E-state index in [-0.39, 0.29) is 5.95 Å². The van der Waals surface area contributed by atoms with E-state index in [0.717, 1.165) is 39.4 Å². The lowest BCUT2D eigenvalue weighted by atomic mass is 9.98. The number of halogens is 3. The molecule has 7 nitrogen and oxygen atoms in total. The first-order valence-electron chi connectivity index (χ1n) is 8.84. The summed E-state index contributed by atoms with van der Waals surface area (Å²) >= 11 is 0. The number of aromatic nitrogens is 3. The SMILES string of the molecule is CCc1ccc(-c2cc3nc(N)nc(N)c3c3cc[nH]c23)cc1.O=C(O)C(F)(F)F. The molecule has 0 amide bonds. The predicted octanol–water partition coefficient (Wildman–Crippen LogP) is 4.14. The van der Waals surface area contributed by atoms with E-state index >= 15 is 0 Å². The van der Waals surface area contributed by atoms with Gasteiger partial charge in [-0.15, -0.1) is 0 Å². The maximum absolute atomic E-state index is 10.6. The molecular formula is C20H18F3N5O2. The van der Waals surface area contributed by atoms with Gasteiger partial charge in [-0.1, -0.05) is 31.2 Å². The van der Waals surface area contributed by atoms with Crippen LogP contribution in [0.1, 0.15) is 12.5 Å². The van der Waals surface area contributed by atoms with Gasteiger partial charge in [-0.2, -0.15) is 18.2 Å². The van der Waals surface area contributed by atoms with Crippen molar-refractivity contribution in [1.29, 1.82) is 0 Å². The van der Waals surface area contributed by atoms with Crippen molar-refractivity contribution in [1.82, 2.24) is 15.0 Å². The highest BCUT2D eigenvalue weighted by Crippen LogP contribution is 2.35. The van der Waals surface area contributed by atoms with Crippen LogP contribution >= 0.6 is 0 Å². The van der Waals surface area contributed by atoms with Crippen molar-refractivity contribution in [3.8, 4) is 11.1 Å². The van der Waals surface area contributed by atoms with Crippen LogP contribution in [0, 0.1) is 0 Å². The van der Waals surface area contributed by atoms with E-state index in [1.807, 2.05) is 18.3 Å². The van der Waals surface area contributed by atoms with E-state index in [4.69, 9.17) is 21.4 Å². The molecule has 0 aliphatic rings. The van der Waals surface area contributed by atoms with E-state index in [1.54, 1.807) is 0 Å². The zero-order chi connectivity index (χ0) is 22.1. The number of carboxylic acids is 1. The molecule has 0 atom stereocenters. The van der Waals surface area contributed by atoms with Crippen LogP contribution < -0.4 is 11.5 Å². The number of anilines is 2. The zero-order valence-electron chi connectivity index (χ0n) is 15.8. The molecule has 0 aliphatic carbocycles. The fourth-order valence-electron chi connectivity index (χ4n) is 3.05. The number of aryl methyl sites for hydroxylation is 1. The second-order valence-corrected chi connectivity index (χ2v) is 6.41. The molecule has 4 rings (SSSR count). The number of alkyl halides is 3. The molecule has 0 fully saturated rings. The summed E-state index contributed by atoms with van der Waals surface area (Å²) in [5, 5.41) is 8.97. The second-order valence-electron chi connectivity index (χ2n) is 6.41. The highest BCUT2D eigenvalue weighted by molar-refractivity contribution is 6.15. The average molecular weight is 417 g/mol. The minimum Gasteiger partial charge on any atom is -0.475 e. The van der Waals surface area contributed by atoms with Crippen molar-refractivity contribution < 1.29 is 23.1 Å². The summed E-state index contributed by atoms with van der Waals surface area (Å²) in [6, 6.07) is 12.6. The molecule has 0 saturated carbocycles. The van der Waals surface area contributed by atoms with Crippen LogP contribution in [0.4, 0.5) is 24.9 Å². The maximum atomic E-state index is 10.6. The summed E-state index contributed by atoms with van der Waals surface area (Å²) < 4.78 is 31.7. The minimum atomic E-state index is -5.08. The van der Waals surface area contributed by atoms with Gasteiger partial charge < -0.3 is 21.6 Å². The Hall–Kier alpha value is -3.82. The predicted molar refractivity (Wildman–Crippen MR) is 109 cm³/mol. The first kappa shape index (κ1) is 20.9. The summed E-state index contributed by atoms with van der Waals surface area (Å²) in [6.07, 6.45) is -2.15. The van der Waals surface area contributed by atoms with Crippen LogP contribution in [0.2, 0.25) is 0 Å². The number of aromatic amines is 1. The molecule has 0 bridgehead atoms. The summed E-state index contributed by atoms with van der Waals surface area (Å²) in [6.45, 7) is 2.15. The number of nitrogen functional groups attached to an aromatic ring is 2. The standard InChI is InChI=1S/C18H17N5.C2HF3O2/c1-2-10-3-5-11(6-4-10)13-9-14-15(12-7-8-21-16(12)13)17(19)23-18(20)22-14;3-2(4,5)1(6)7/h3-9,21H,2H2,1H3,(H4,19,20,22,23);(H,6,7). The van der Waals surface area contributed by atoms with Crippen LogP contribution in [0.25, 0.3) is 32.9 Å². The van der Waals surface area contributed by atoms with E-state index < -0.39 is 12.1 Å². The lowest BCUT2D eigenvalue weighted by Gasteiger charge is -2.10. The molecule has 2 aromatic carbocycles. The van der Waals surface area contributed by atoms with Gasteiger partial charge in [-0.25, -0.2) is 9.78 Å². The van der Waals surface area contributed by atoms with Gasteiger partial charge in [0.25, 0.3) is 0 Å². The Kier molecular flexibility index (Phi) is 5.50. The van der Waals surface area contributed by atoms with Gasteiger partial charge in [0.05, 0.1) is 16.4 Å². The highest BCUT2D eigenvalue weighted by atomic mass is 19.4. The van der Waals surface area contributed by atoms with Crippen LogP contribution in [0.15, 0.2) is 42.6 Å². The molecule has 0 spiro atoms. The number of carbonyl (C=O) groups is 1.